The number of nitrogens with two attached hydrogens (primary N) is 1. The maximum atomic E-state index is 12.2. The van der Waals surface area contributed by atoms with Crippen LogP contribution in [-0.2, 0) is 0 Å². The van der Waals surface area contributed by atoms with E-state index in [1.165, 1.54) is 6.42 Å². The SMILES string of the molecule is CC(C)n1cc(N)cc1C(=O)NN1CCCCC1. The van der Waals surface area contributed by atoms with E-state index in [1.54, 1.807) is 6.07 Å². The Kier molecular flexibility index (Phi) is 3.91. The van der Waals surface area contributed by atoms with E-state index < -0.39 is 0 Å². The van der Waals surface area contributed by atoms with Crippen LogP contribution in [0.2, 0.25) is 0 Å². The summed E-state index contributed by atoms with van der Waals surface area (Å²) in [6, 6.07) is 1.96. The summed E-state index contributed by atoms with van der Waals surface area (Å²) in [5.41, 5.74) is 10.00. The molecule has 1 amide bonds. The second kappa shape index (κ2) is 5.44. The topological polar surface area (TPSA) is 63.3 Å². The Labute approximate surface area is 108 Å². The second-order valence-electron chi connectivity index (χ2n) is 5.15. The highest BCUT2D eigenvalue weighted by Crippen LogP contribution is 2.16. The molecule has 0 radical (unpaired) electrons. The molecular formula is C13H22N4O. The lowest BCUT2D eigenvalue weighted by Crippen LogP contribution is -2.45. The number of anilines is 1. The Balaban J connectivity index is 2.08. The van der Waals surface area contributed by atoms with Gasteiger partial charge in [0.1, 0.15) is 5.69 Å². The third-order valence-corrected chi connectivity index (χ3v) is 3.27. The lowest BCUT2D eigenvalue weighted by Gasteiger charge is -2.27. The summed E-state index contributed by atoms with van der Waals surface area (Å²) in [5.74, 6) is -0.0673. The van der Waals surface area contributed by atoms with Gasteiger partial charge in [0.2, 0.25) is 0 Å². The maximum Gasteiger partial charge on any atom is 0.282 e. The molecule has 18 heavy (non-hydrogen) atoms. The van der Waals surface area contributed by atoms with Gasteiger partial charge in [-0.3, -0.25) is 10.2 Å². The van der Waals surface area contributed by atoms with Crippen LogP contribution in [0.3, 0.4) is 0 Å². The molecule has 1 saturated heterocycles. The summed E-state index contributed by atoms with van der Waals surface area (Å²) in [6.45, 7) is 5.95. The van der Waals surface area contributed by atoms with Gasteiger partial charge in [0.05, 0.1) is 5.69 Å². The van der Waals surface area contributed by atoms with Crippen LogP contribution in [0.1, 0.15) is 49.6 Å². The van der Waals surface area contributed by atoms with Crippen molar-refractivity contribution < 1.29 is 4.79 Å². The van der Waals surface area contributed by atoms with Gasteiger partial charge < -0.3 is 10.3 Å². The van der Waals surface area contributed by atoms with Crippen molar-refractivity contribution in [2.75, 3.05) is 18.8 Å². The quantitative estimate of drug-likeness (QED) is 0.859. The number of nitrogens with zero attached hydrogens (tertiary/aromatic N) is 2. The van der Waals surface area contributed by atoms with Gasteiger partial charge in [-0.1, -0.05) is 6.42 Å². The molecule has 3 N–H and O–H groups in total. The zero-order valence-electron chi connectivity index (χ0n) is 11.1. The molecule has 1 fully saturated rings. The average Bonchev–Trinajstić information content (AvgIpc) is 2.73. The summed E-state index contributed by atoms with van der Waals surface area (Å²) >= 11 is 0. The third-order valence-electron chi connectivity index (χ3n) is 3.27. The highest BCUT2D eigenvalue weighted by Gasteiger charge is 2.18. The molecule has 1 aliphatic rings. The van der Waals surface area contributed by atoms with E-state index >= 15 is 0 Å². The first-order valence-electron chi connectivity index (χ1n) is 6.61. The van der Waals surface area contributed by atoms with Crippen molar-refractivity contribution in [1.29, 1.82) is 0 Å². The third kappa shape index (κ3) is 2.85. The minimum absolute atomic E-state index is 0.0673. The first-order valence-corrected chi connectivity index (χ1v) is 6.61. The van der Waals surface area contributed by atoms with Gasteiger partial charge in [-0.15, -0.1) is 0 Å². The number of piperidine rings is 1. The lowest BCUT2D eigenvalue weighted by atomic mass is 10.2. The lowest BCUT2D eigenvalue weighted by molar-refractivity contribution is 0.0739. The Morgan fingerprint density at radius 3 is 2.61 bits per heavy atom. The molecule has 0 aliphatic carbocycles. The molecule has 2 rings (SSSR count). The van der Waals surface area contributed by atoms with Crippen molar-refractivity contribution in [2.45, 2.75) is 39.2 Å². The summed E-state index contributed by atoms with van der Waals surface area (Å²) in [5, 5.41) is 2.00. The minimum Gasteiger partial charge on any atom is -0.397 e. The van der Waals surface area contributed by atoms with E-state index in [0.717, 1.165) is 25.9 Å². The summed E-state index contributed by atoms with van der Waals surface area (Å²) in [7, 11) is 0. The molecule has 0 saturated carbocycles. The summed E-state index contributed by atoms with van der Waals surface area (Å²) in [4.78, 5) is 12.2. The summed E-state index contributed by atoms with van der Waals surface area (Å²) < 4.78 is 1.91. The van der Waals surface area contributed by atoms with Crippen LogP contribution in [0.15, 0.2) is 12.3 Å². The van der Waals surface area contributed by atoms with Crippen LogP contribution in [-0.4, -0.2) is 28.6 Å². The van der Waals surface area contributed by atoms with Crippen molar-refractivity contribution >= 4 is 11.6 Å². The number of carbonyl (C=O) groups is 1. The van der Waals surface area contributed by atoms with Crippen molar-refractivity contribution in [1.82, 2.24) is 15.0 Å². The maximum absolute atomic E-state index is 12.2. The van der Waals surface area contributed by atoms with Crippen LogP contribution >= 0.6 is 0 Å². The van der Waals surface area contributed by atoms with Gasteiger partial charge in [-0.05, 0) is 32.8 Å². The fourth-order valence-corrected chi connectivity index (χ4v) is 2.32. The average molecular weight is 250 g/mol. The van der Waals surface area contributed by atoms with Gasteiger partial charge >= 0.3 is 0 Å². The molecule has 0 spiro atoms. The fourth-order valence-electron chi connectivity index (χ4n) is 2.32. The zero-order valence-corrected chi connectivity index (χ0v) is 11.1. The van der Waals surface area contributed by atoms with E-state index in [4.69, 9.17) is 5.73 Å². The number of aromatic nitrogens is 1. The summed E-state index contributed by atoms with van der Waals surface area (Å²) in [6.07, 6.45) is 5.36. The van der Waals surface area contributed by atoms with Gasteiger partial charge in [0.15, 0.2) is 0 Å². The monoisotopic (exact) mass is 250 g/mol. The second-order valence-corrected chi connectivity index (χ2v) is 5.15. The Morgan fingerprint density at radius 2 is 2.00 bits per heavy atom. The van der Waals surface area contributed by atoms with E-state index in [2.05, 4.69) is 5.43 Å². The Morgan fingerprint density at radius 1 is 1.33 bits per heavy atom. The van der Waals surface area contributed by atoms with Crippen molar-refractivity contribution in [3.05, 3.63) is 18.0 Å². The first kappa shape index (κ1) is 13.0. The largest absolute Gasteiger partial charge is 0.397 e. The van der Waals surface area contributed by atoms with Crippen LogP contribution in [0, 0.1) is 0 Å². The number of hydrogen-bond acceptors (Lipinski definition) is 3. The van der Waals surface area contributed by atoms with Gasteiger partial charge in [0.25, 0.3) is 5.91 Å². The van der Waals surface area contributed by atoms with Crippen LogP contribution in [0.5, 0.6) is 0 Å². The van der Waals surface area contributed by atoms with Crippen LogP contribution in [0.4, 0.5) is 5.69 Å². The number of carbonyl (C=O) groups excluding carboxylic acids is 1. The predicted octanol–water partition coefficient (Wildman–Crippen LogP) is 1.78. The Hall–Kier alpha value is -1.49. The molecule has 0 unspecified atom stereocenters. The smallest absolute Gasteiger partial charge is 0.282 e. The molecule has 2 heterocycles. The zero-order chi connectivity index (χ0) is 13.1. The standard InChI is InChI=1S/C13H22N4O/c1-10(2)17-9-11(14)8-12(17)13(18)15-16-6-4-3-5-7-16/h8-10H,3-7,14H2,1-2H3,(H,15,18). The van der Waals surface area contributed by atoms with Gasteiger partial charge in [0, 0.05) is 25.3 Å². The molecule has 1 aliphatic heterocycles. The number of nitrogens with one attached hydrogen (secondary N) is 1. The molecule has 0 bridgehead atoms. The fraction of sp³-hybridized carbons (Fsp3) is 0.615. The molecule has 1 aromatic rings. The highest BCUT2D eigenvalue weighted by molar-refractivity contribution is 5.93. The van der Waals surface area contributed by atoms with Crippen molar-refractivity contribution in [2.24, 2.45) is 0 Å². The number of hydrogen-bond donors (Lipinski definition) is 2. The van der Waals surface area contributed by atoms with E-state index in [9.17, 15) is 4.79 Å². The molecule has 5 nitrogen and oxygen atoms in total. The molecule has 0 aromatic carbocycles. The first-order chi connectivity index (χ1) is 8.58. The molecular weight excluding hydrogens is 228 g/mol. The number of nitrogen functional groups attached to an aromatic ring is 1. The molecule has 1 aromatic heterocycles. The van der Waals surface area contributed by atoms with Crippen LogP contribution < -0.4 is 11.2 Å². The normalized spacial score (nSPS) is 17.1. The minimum atomic E-state index is -0.0673. The number of hydrazine groups is 1. The van der Waals surface area contributed by atoms with E-state index in [-0.39, 0.29) is 11.9 Å². The molecule has 0 atom stereocenters. The van der Waals surface area contributed by atoms with Crippen molar-refractivity contribution in [3.8, 4) is 0 Å². The molecule has 5 heteroatoms. The predicted molar refractivity (Wildman–Crippen MR) is 72.1 cm³/mol. The van der Waals surface area contributed by atoms with Gasteiger partial charge in [-0.2, -0.15) is 0 Å². The number of amides is 1. The van der Waals surface area contributed by atoms with Crippen LogP contribution in [0.25, 0.3) is 0 Å². The highest BCUT2D eigenvalue weighted by atomic mass is 16.2. The molecule has 100 valence electrons. The van der Waals surface area contributed by atoms with Crippen molar-refractivity contribution in [3.63, 3.8) is 0 Å². The number of rotatable bonds is 3. The van der Waals surface area contributed by atoms with E-state index in [1.807, 2.05) is 29.6 Å². The van der Waals surface area contributed by atoms with E-state index in [0.29, 0.717) is 11.4 Å². The van der Waals surface area contributed by atoms with Gasteiger partial charge in [-0.25, -0.2) is 5.01 Å². The Bertz CT molecular complexity index is 419.